The number of carbonyl (C=O) groups excluding carboxylic acids is 3. The van der Waals surface area contributed by atoms with Gasteiger partial charge in [0.05, 0.1) is 6.10 Å². The Bertz CT molecular complexity index is 1500. The maximum absolute atomic E-state index is 14.5. The van der Waals surface area contributed by atoms with Gasteiger partial charge in [-0.2, -0.15) is 0 Å². The van der Waals surface area contributed by atoms with E-state index in [0.717, 1.165) is 41.5 Å². The third-order valence-corrected chi connectivity index (χ3v) is 9.07. The van der Waals surface area contributed by atoms with Gasteiger partial charge in [-0.25, -0.2) is 0 Å². The predicted octanol–water partition coefficient (Wildman–Crippen LogP) is 5.02. The van der Waals surface area contributed by atoms with Crippen LogP contribution in [0.2, 0.25) is 0 Å². The molecule has 3 aromatic carbocycles. The zero-order valence-corrected chi connectivity index (χ0v) is 27.6. The molecular weight excluding hydrogens is 588 g/mol. The number of amides is 3. The van der Waals surface area contributed by atoms with Crippen LogP contribution in [0.4, 0.5) is 0 Å². The molecule has 0 radical (unpaired) electrons. The number of likely N-dealkylation sites (N-methyl/N-ethyl adjacent to an activating group) is 1. The van der Waals surface area contributed by atoms with Gasteiger partial charge in [-0.15, -0.1) is 0 Å². The van der Waals surface area contributed by atoms with Gasteiger partial charge in [-0.3, -0.25) is 14.4 Å². The maximum atomic E-state index is 14.5. The Labute approximate surface area is 279 Å². The van der Waals surface area contributed by atoms with E-state index in [9.17, 15) is 19.5 Å². The fourth-order valence-corrected chi connectivity index (χ4v) is 5.76. The molecule has 0 unspecified atom stereocenters. The van der Waals surface area contributed by atoms with Crippen LogP contribution < -0.4 is 11.1 Å². The Morgan fingerprint density at radius 1 is 0.915 bits per heavy atom. The van der Waals surface area contributed by atoms with E-state index in [-0.39, 0.29) is 30.8 Å². The summed E-state index contributed by atoms with van der Waals surface area (Å²) in [5.74, 6) is -1.17. The SMILES string of the molecule is C=CN(C(=O)[C@@H](Cc1ccc(-c2ccccc2)cc1)N(C)C(=O)/C=C/CC1(N)CCC1)[C@H](Cc1ccccc1)C(=O)NC[C@H](O)CC. The molecule has 1 aliphatic rings. The van der Waals surface area contributed by atoms with Gasteiger partial charge in [0.2, 0.25) is 17.7 Å². The van der Waals surface area contributed by atoms with Crippen molar-refractivity contribution in [3.05, 3.63) is 121 Å². The molecule has 3 amide bonds. The number of rotatable bonds is 16. The maximum Gasteiger partial charge on any atom is 0.250 e. The molecule has 248 valence electrons. The second-order valence-electron chi connectivity index (χ2n) is 12.5. The second kappa shape index (κ2) is 16.9. The summed E-state index contributed by atoms with van der Waals surface area (Å²) >= 11 is 0. The average Bonchev–Trinajstić information content (AvgIpc) is 3.09. The fraction of sp³-hybridized carbons (Fsp3) is 0.359. The summed E-state index contributed by atoms with van der Waals surface area (Å²) in [5.41, 5.74) is 9.93. The molecular formula is C39H48N4O4. The highest BCUT2D eigenvalue weighted by Crippen LogP contribution is 2.32. The summed E-state index contributed by atoms with van der Waals surface area (Å²) < 4.78 is 0. The Morgan fingerprint density at radius 2 is 1.49 bits per heavy atom. The largest absolute Gasteiger partial charge is 0.391 e. The first kappa shape index (κ1) is 35.3. The molecule has 0 spiro atoms. The number of carbonyl (C=O) groups is 3. The van der Waals surface area contributed by atoms with E-state index in [4.69, 9.17) is 5.73 Å². The Kier molecular flexibility index (Phi) is 12.7. The number of hydrogen-bond acceptors (Lipinski definition) is 5. The topological polar surface area (TPSA) is 116 Å². The van der Waals surface area contributed by atoms with Gasteiger partial charge < -0.3 is 26.0 Å². The Balaban J connectivity index is 1.63. The van der Waals surface area contributed by atoms with Gasteiger partial charge >= 0.3 is 0 Å². The van der Waals surface area contributed by atoms with Crippen molar-refractivity contribution in [1.29, 1.82) is 0 Å². The lowest BCUT2D eigenvalue weighted by Crippen LogP contribution is -2.55. The van der Waals surface area contributed by atoms with Gasteiger partial charge in [-0.1, -0.05) is 105 Å². The van der Waals surface area contributed by atoms with Gasteiger partial charge in [0.15, 0.2) is 0 Å². The minimum atomic E-state index is -0.954. The summed E-state index contributed by atoms with van der Waals surface area (Å²) in [5, 5.41) is 12.9. The van der Waals surface area contributed by atoms with Crippen molar-refractivity contribution >= 4 is 17.7 Å². The van der Waals surface area contributed by atoms with E-state index >= 15 is 0 Å². The lowest BCUT2D eigenvalue weighted by atomic mass is 9.75. The van der Waals surface area contributed by atoms with Crippen molar-refractivity contribution in [1.82, 2.24) is 15.1 Å². The minimum absolute atomic E-state index is 0.0583. The van der Waals surface area contributed by atoms with Crippen LogP contribution in [0.25, 0.3) is 11.1 Å². The van der Waals surface area contributed by atoms with Crippen molar-refractivity contribution in [2.45, 2.75) is 75.6 Å². The van der Waals surface area contributed by atoms with Crippen molar-refractivity contribution in [3.8, 4) is 11.1 Å². The highest BCUT2D eigenvalue weighted by Gasteiger charge is 2.36. The molecule has 0 bridgehead atoms. The lowest BCUT2D eigenvalue weighted by molar-refractivity contribution is -0.144. The number of benzene rings is 3. The van der Waals surface area contributed by atoms with Crippen LogP contribution in [0.15, 0.2) is 110 Å². The number of aliphatic hydroxyl groups is 1. The molecule has 0 heterocycles. The number of nitrogens with one attached hydrogen (secondary N) is 1. The lowest BCUT2D eigenvalue weighted by Gasteiger charge is -2.37. The molecule has 1 aliphatic carbocycles. The zero-order valence-electron chi connectivity index (χ0n) is 27.6. The Morgan fingerprint density at radius 3 is 2.06 bits per heavy atom. The average molecular weight is 637 g/mol. The van der Waals surface area contributed by atoms with Crippen LogP contribution in [0.5, 0.6) is 0 Å². The van der Waals surface area contributed by atoms with Crippen LogP contribution in [-0.2, 0) is 27.2 Å². The number of hydrogen-bond donors (Lipinski definition) is 3. The standard InChI is InChI=1S/C39H48N4O4/c1-4-33(44)28-41-37(46)34(26-29-14-8-6-9-15-29)43(5-2)38(47)35(42(3)36(45)18-12-23-39(40)24-13-25-39)27-30-19-21-32(22-20-30)31-16-10-7-11-17-31/h5-12,14-22,33-35,44H,2,4,13,23-28,40H2,1,3H3,(H,41,46)/b18-12+/t33-,34-,35-/m1/s1. The number of nitrogens with zero attached hydrogens (tertiary/aromatic N) is 2. The molecule has 47 heavy (non-hydrogen) atoms. The molecule has 3 atom stereocenters. The summed E-state index contributed by atoms with van der Waals surface area (Å²) in [6.07, 6.45) is 8.40. The van der Waals surface area contributed by atoms with Crippen molar-refractivity contribution in [3.63, 3.8) is 0 Å². The molecule has 3 aromatic rings. The molecule has 4 N–H and O–H groups in total. The summed E-state index contributed by atoms with van der Waals surface area (Å²) in [6, 6.07) is 25.5. The molecule has 1 fully saturated rings. The summed E-state index contributed by atoms with van der Waals surface area (Å²) in [7, 11) is 1.61. The molecule has 0 aromatic heterocycles. The first-order chi connectivity index (χ1) is 22.6. The van der Waals surface area contributed by atoms with E-state index in [0.29, 0.717) is 12.8 Å². The van der Waals surface area contributed by atoms with E-state index in [1.165, 1.54) is 22.1 Å². The molecule has 0 aliphatic heterocycles. The second-order valence-corrected chi connectivity index (χ2v) is 12.5. The quantitative estimate of drug-likeness (QED) is 0.191. The Hall–Kier alpha value is -4.53. The third-order valence-electron chi connectivity index (χ3n) is 9.07. The zero-order chi connectivity index (χ0) is 33.8. The van der Waals surface area contributed by atoms with Gasteiger partial charge in [0.1, 0.15) is 12.1 Å². The van der Waals surface area contributed by atoms with Crippen molar-refractivity contribution < 1.29 is 19.5 Å². The van der Waals surface area contributed by atoms with E-state index in [2.05, 4.69) is 11.9 Å². The third kappa shape index (κ3) is 9.73. The fourth-order valence-electron chi connectivity index (χ4n) is 5.76. The number of nitrogens with two attached hydrogens (primary N) is 1. The van der Waals surface area contributed by atoms with Gasteiger partial charge in [-0.05, 0) is 60.4 Å². The molecule has 0 saturated heterocycles. The molecule has 4 rings (SSSR count). The van der Waals surface area contributed by atoms with Crippen molar-refractivity contribution in [2.24, 2.45) is 5.73 Å². The summed E-state index contributed by atoms with van der Waals surface area (Å²) in [6.45, 7) is 5.80. The molecule has 8 heteroatoms. The van der Waals surface area contributed by atoms with Crippen LogP contribution >= 0.6 is 0 Å². The predicted molar refractivity (Wildman–Crippen MR) is 187 cm³/mol. The molecule has 8 nitrogen and oxygen atoms in total. The van der Waals surface area contributed by atoms with Crippen LogP contribution in [-0.4, -0.2) is 69.9 Å². The number of aliphatic hydroxyl groups excluding tert-OH is 1. The van der Waals surface area contributed by atoms with E-state index < -0.39 is 30.0 Å². The highest BCUT2D eigenvalue weighted by molar-refractivity contribution is 5.95. The highest BCUT2D eigenvalue weighted by atomic mass is 16.3. The molecule has 1 saturated carbocycles. The van der Waals surface area contributed by atoms with Crippen LogP contribution in [0.1, 0.15) is 50.2 Å². The normalized spacial score (nSPS) is 15.6. The van der Waals surface area contributed by atoms with Crippen molar-refractivity contribution in [2.75, 3.05) is 13.6 Å². The van der Waals surface area contributed by atoms with E-state index in [1.807, 2.05) is 91.9 Å². The smallest absolute Gasteiger partial charge is 0.250 e. The minimum Gasteiger partial charge on any atom is -0.391 e. The first-order valence-electron chi connectivity index (χ1n) is 16.4. The van der Waals surface area contributed by atoms with Crippen LogP contribution in [0.3, 0.4) is 0 Å². The van der Waals surface area contributed by atoms with Gasteiger partial charge in [0, 0.05) is 38.2 Å². The van der Waals surface area contributed by atoms with Crippen LogP contribution in [0, 0.1) is 0 Å². The van der Waals surface area contributed by atoms with Gasteiger partial charge in [0.25, 0.3) is 0 Å². The monoisotopic (exact) mass is 636 g/mol. The first-order valence-corrected chi connectivity index (χ1v) is 16.4. The summed E-state index contributed by atoms with van der Waals surface area (Å²) in [4.78, 5) is 44.4. The van der Waals surface area contributed by atoms with E-state index in [1.54, 1.807) is 13.1 Å².